The number of aryl methyl sites for hydroxylation is 3. The Bertz CT molecular complexity index is 1070. The molecule has 1 aliphatic carbocycles. The summed E-state index contributed by atoms with van der Waals surface area (Å²) >= 11 is 1.68. The number of hydrogen-bond acceptors (Lipinski definition) is 5. The van der Waals surface area contributed by atoms with Crippen molar-refractivity contribution in [3.8, 4) is 0 Å². The molecule has 1 saturated heterocycles. The zero-order valence-corrected chi connectivity index (χ0v) is 17.1. The van der Waals surface area contributed by atoms with Crippen LogP contribution >= 0.6 is 11.3 Å². The van der Waals surface area contributed by atoms with Gasteiger partial charge in [-0.1, -0.05) is 12.1 Å². The van der Waals surface area contributed by atoms with Gasteiger partial charge in [-0.05, 0) is 48.9 Å². The average Bonchev–Trinajstić information content (AvgIpc) is 3.13. The molecule has 0 radical (unpaired) electrons. The van der Waals surface area contributed by atoms with E-state index in [9.17, 15) is 9.18 Å². The molecule has 1 fully saturated rings. The fraction of sp³-hybridized carbons (Fsp3) is 0.455. The van der Waals surface area contributed by atoms with Crippen molar-refractivity contribution in [2.24, 2.45) is 0 Å². The highest BCUT2D eigenvalue weighted by atomic mass is 32.1. The number of hydrogen-bond donors (Lipinski definition) is 0. The van der Waals surface area contributed by atoms with Crippen molar-refractivity contribution in [1.29, 1.82) is 0 Å². The number of nitrogens with zero attached hydrogens (tertiary/aromatic N) is 3. The predicted molar refractivity (Wildman–Crippen MR) is 112 cm³/mol. The molecule has 152 valence electrons. The van der Waals surface area contributed by atoms with Gasteiger partial charge in [0, 0.05) is 30.6 Å². The molecule has 1 aromatic carbocycles. The molecule has 0 spiro atoms. The van der Waals surface area contributed by atoms with E-state index in [1.165, 1.54) is 22.6 Å². The van der Waals surface area contributed by atoms with Gasteiger partial charge >= 0.3 is 0 Å². The maximum absolute atomic E-state index is 13.2. The quantitative estimate of drug-likeness (QED) is 0.660. The number of ether oxygens (including phenoxy) is 1. The van der Waals surface area contributed by atoms with Gasteiger partial charge in [-0.15, -0.1) is 11.3 Å². The highest BCUT2D eigenvalue weighted by molar-refractivity contribution is 7.18. The molecule has 3 aromatic rings. The zero-order chi connectivity index (χ0) is 19.8. The highest BCUT2D eigenvalue weighted by Gasteiger charge is 2.29. The minimum Gasteiger partial charge on any atom is -0.379 e. The number of halogens is 1. The Kier molecular flexibility index (Phi) is 5.20. The first kappa shape index (κ1) is 18.9. The minimum atomic E-state index is -0.241. The summed E-state index contributed by atoms with van der Waals surface area (Å²) in [6, 6.07) is 6.99. The first-order chi connectivity index (χ1) is 14.2. The standard InChI is InChI=1S/C22H24FN3O2S/c23-16-3-1-15(2-4-16)7-8-26-14-24-21-20(22(26)27)18-6-5-17(13-19(18)29-21)25-9-11-28-12-10-25/h1-4,14,17H,5-13H2. The summed E-state index contributed by atoms with van der Waals surface area (Å²) in [5.41, 5.74) is 2.28. The van der Waals surface area contributed by atoms with Gasteiger partial charge in [0.25, 0.3) is 5.56 Å². The number of fused-ring (bicyclic) bond motifs is 3. The molecule has 1 atom stereocenters. The topological polar surface area (TPSA) is 47.4 Å². The van der Waals surface area contributed by atoms with Crippen LogP contribution in [0.3, 0.4) is 0 Å². The van der Waals surface area contributed by atoms with Gasteiger partial charge in [-0.2, -0.15) is 0 Å². The minimum absolute atomic E-state index is 0.0550. The summed E-state index contributed by atoms with van der Waals surface area (Å²) < 4.78 is 20.3. The second-order valence-electron chi connectivity index (χ2n) is 7.85. The maximum Gasteiger partial charge on any atom is 0.262 e. The molecule has 5 rings (SSSR count). The Labute approximate surface area is 172 Å². The van der Waals surface area contributed by atoms with Gasteiger partial charge in [-0.25, -0.2) is 9.37 Å². The van der Waals surface area contributed by atoms with E-state index in [1.807, 2.05) is 0 Å². The van der Waals surface area contributed by atoms with Crippen LogP contribution < -0.4 is 5.56 Å². The number of morpholine rings is 1. The first-order valence-electron chi connectivity index (χ1n) is 10.2. The smallest absolute Gasteiger partial charge is 0.262 e. The molecule has 0 amide bonds. The lowest BCUT2D eigenvalue weighted by molar-refractivity contribution is 0.0140. The predicted octanol–water partition coefficient (Wildman–Crippen LogP) is 3.03. The van der Waals surface area contributed by atoms with Crippen LogP contribution in [0.1, 0.15) is 22.4 Å². The largest absolute Gasteiger partial charge is 0.379 e. The summed E-state index contributed by atoms with van der Waals surface area (Å²) in [5.74, 6) is -0.241. The third-order valence-electron chi connectivity index (χ3n) is 6.13. The van der Waals surface area contributed by atoms with E-state index in [0.29, 0.717) is 19.0 Å². The van der Waals surface area contributed by atoms with E-state index >= 15 is 0 Å². The van der Waals surface area contributed by atoms with Crippen LogP contribution in [0, 0.1) is 5.82 Å². The zero-order valence-electron chi connectivity index (χ0n) is 16.3. The fourth-order valence-corrected chi connectivity index (χ4v) is 5.75. The second kappa shape index (κ2) is 7.97. The first-order valence-corrected chi connectivity index (χ1v) is 11.1. The Hall–Kier alpha value is -2.09. The lowest BCUT2D eigenvalue weighted by Gasteiger charge is -2.36. The lowest BCUT2D eigenvalue weighted by Crippen LogP contribution is -2.45. The van der Waals surface area contributed by atoms with Crippen LogP contribution in [0.25, 0.3) is 10.2 Å². The van der Waals surface area contributed by atoms with Crippen molar-refractivity contribution in [3.05, 3.63) is 62.8 Å². The number of thiophene rings is 1. The third kappa shape index (κ3) is 3.74. The van der Waals surface area contributed by atoms with Crippen molar-refractivity contribution in [1.82, 2.24) is 14.5 Å². The summed E-state index contributed by atoms with van der Waals surface area (Å²) in [6.45, 7) is 4.18. The average molecular weight is 414 g/mol. The maximum atomic E-state index is 13.2. The molecule has 0 N–H and O–H groups in total. The van der Waals surface area contributed by atoms with Crippen molar-refractivity contribution in [2.45, 2.75) is 38.3 Å². The van der Waals surface area contributed by atoms with Gasteiger partial charge in [0.1, 0.15) is 10.6 Å². The number of benzene rings is 1. The molecule has 7 heteroatoms. The van der Waals surface area contributed by atoms with Crippen LogP contribution in [0.5, 0.6) is 0 Å². The van der Waals surface area contributed by atoms with E-state index in [2.05, 4.69) is 9.88 Å². The van der Waals surface area contributed by atoms with E-state index in [0.717, 1.165) is 61.3 Å². The summed E-state index contributed by atoms with van der Waals surface area (Å²) in [5, 5.41) is 0.812. The highest BCUT2D eigenvalue weighted by Crippen LogP contribution is 2.35. The molecule has 3 heterocycles. The Morgan fingerprint density at radius 3 is 2.79 bits per heavy atom. The van der Waals surface area contributed by atoms with E-state index < -0.39 is 0 Å². The molecule has 1 aliphatic heterocycles. The number of aromatic nitrogens is 2. The van der Waals surface area contributed by atoms with Crippen LogP contribution in [0.4, 0.5) is 4.39 Å². The van der Waals surface area contributed by atoms with Gasteiger partial charge in [-0.3, -0.25) is 14.3 Å². The normalized spacial score (nSPS) is 20.1. The molecule has 0 bridgehead atoms. The Morgan fingerprint density at radius 1 is 1.21 bits per heavy atom. The molecular weight excluding hydrogens is 389 g/mol. The van der Waals surface area contributed by atoms with Crippen LogP contribution in [-0.2, 0) is 30.5 Å². The second-order valence-corrected chi connectivity index (χ2v) is 8.93. The van der Waals surface area contributed by atoms with E-state index in [4.69, 9.17) is 4.74 Å². The monoisotopic (exact) mass is 413 g/mol. The van der Waals surface area contributed by atoms with E-state index in [-0.39, 0.29) is 11.4 Å². The van der Waals surface area contributed by atoms with Crippen molar-refractivity contribution in [3.63, 3.8) is 0 Å². The fourth-order valence-electron chi connectivity index (χ4n) is 4.50. The van der Waals surface area contributed by atoms with Crippen molar-refractivity contribution < 1.29 is 9.13 Å². The molecule has 5 nitrogen and oxygen atoms in total. The molecule has 2 aromatic heterocycles. The van der Waals surface area contributed by atoms with Gasteiger partial charge < -0.3 is 4.74 Å². The van der Waals surface area contributed by atoms with Crippen LogP contribution in [-0.4, -0.2) is 46.8 Å². The van der Waals surface area contributed by atoms with Gasteiger partial charge in [0.15, 0.2) is 0 Å². The molecule has 2 aliphatic rings. The Balaban J connectivity index is 1.38. The van der Waals surface area contributed by atoms with Crippen LogP contribution in [0.15, 0.2) is 35.4 Å². The lowest BCUT2D eigenvalue weighted by atomic mass is 9.92. The van der Waals surface area contributed by atoms with Gasteiger partial charge in [0.05, 0.1) is 24.9 Å². The summed E-state index contributed by atoms with van der Waals surface area (Å²) in [7, 11) is 0. The van der Waals surface area contributed by atoms with Crippen LogP contribution in [0.2, 0.25) is 0 Å². The number of rotatable bonds is 4. The summed E-state index contributed by atoms with van der Waals surface area (Å²) in [6.07, 6.45) is 5.37. The molecular formula is C22H24FN3O2S. The summed E-state index contributed by atoms with van der Waals surface area (Å²) in [4.78, 5) is 22.5. The molecule has 1 unspecified atom stereocenters. The van der Waals surface area contributed by atoms with Crippen molar-refractivity contribution >= 4 is 21.6 Å². The van der Waals surface area contributed by atoms with Crippen molar-refractivity contribution in [2.75, 3.05) is 26.3 Å². The molecule has 0 saturated carbocycles. The SMILES string of the molecule is O=c1c2c3c(sc2ncn1CCc1ccc(F)cc1)CC(N1CCOCC1)CC3. The third-order valence-corrected chi connectivity index (χ3v) is 7.29. The van der Waals surface area contributed by atoms with Gasteiger partial charge in [0.2, 0.25) is 0 Å². The van der Waals surface area contributed by atoms with E-state index in [1.54, 1.807) is 34.4 Å². The molecule has 29 heavy (non-hydrogen) atoms. The Morgan fingerprint density at radius 2 is 2.00 bits per heavy atom.